The van der Waals surface area contributed by atoms with E-state index in [4.69, 9.17) is 10.2 Å². The van der Waals surface area contributed by atoms with Crippen LogP contribution in [-0.4, -0.2) is 47.5 Å². The van der Waals surface area contributed by atoms with Gasteiger partial charge in [-0.05, 0) is 53.6 Å². The second kappa shape index (κ2) is 11.7. The number of para-hydroxylation sites is 1. The van der Waals surface area contributed by atoms with Crippen molar-refractivity contribution in [3.05, 3.63) is 102 Å². The fraction of sp³-hybridized carbons (Fsp3) is 0.222. The lowest BCUT2D eigenvalue weighted by atomic mass is 10.1. The zero-order valence-corrected chi connectivity index (χ0v) is 21.0. The Morgan fingerprint density at radius 2 is 1.61 bits per heavy atom. The van der Waals surface area contributed by atoms with Crippen molar-refractivity contribution in [1.82, 2.24) is 40.5 Å². The third-order valence-electron chi connectivity index (χ3n) is 5.81. The minimum atomic E-state index is 0.652. The van der Waals surface area contributed by atoms with Crippen molar-refractivity contribution in [2.45, 2.75) is 31.6 Å². The zero-order valence-electron chi connectivity index (χ0n) is 20.2. The number of aromatic nitrogens is 7. The molecule has 0 spiro atoms. The smallest absolute Gasteiger partial charge is 0.214 e. The molecule has 0 saturated heterocycles. The molecule has 2 aromatic heterocycles. The second-order valence-electron chi connectivity index (χ2n) is 8.41. The molecule has 3 aromatic carbocycles. The summed E-state index contributed by atoms with van der Waals surface area (Å²) >= 11 is 1.66. The minimum absolute atomic E-state index is 0.652. The van der Waals surface area contributed by atoms with Crippen LogP contribution in [0.4, 0.5) is 0 Å². The Balaban J connectivity index is 1.18. The first kappa shape index (κ1) is 23.9. The van der Waals surface area contributed by atoms with Crippen LogP contribution in [0.15, 0.2) is 90.1 Å². The predicted molar refractivity (Wildman–Crippen MR) is 142 cm³/mol. The van der Waals surface area contributed by atoms with Crippen LogP contribution in [0.2, 0.25) is 0 Å². The Hall–Kier alpha value is -3.82. The van der Waals surface area contributed by atoms with E-state index in [0.717, 1.165) is 46.5 Å². The number of hydrogen-bond donors (Lipinski definition) is 1. The number of thioether (sulfide) groups is 1. The highest BCUT2D eigenvalue weighted by Gasteiger charge is 2.14. The van der Waals surface area contributed by atoms with Crippen LogP contribution in [0.3, 0.4) is 0 Å². The Morgan fingerprint density at radius 3 is 2.42 bits per heavy atom. The molecule has 5 rings (SSSR count). The van der Waals surface area contributed by atoms with Crippen LogP contribution in [-0.2, 0) is 13.1 Å². The molecule has 0 amide bonds. The summed E-state index contributed by atoms with van der Waals surface area (Å²) in [4.78, 5) is 1.81. The molecule has 2 heterocycles. The first-order chi connectivity index (χ1) is 17.8. The van der Waals surface area contributed by atoms with Crippen molar-refractivity contribution in [3.8, 4) is 16.9 Å². The summed E-state index contributed by atoms with van der Waals surface area (Å²) in [7, 11) is 0. The minimum Gasteiger partial charge on any atom is -0.311 e. The molecule has 0 aliphatic rings. The molecule has 5 aromatic rings. The van der Waals surface area contributed by atoms with Gasteiger partial charge in [-0.1, -0.05) is 84.6 Å². The van der Waals surface area contributed by atoms with Crippen LogP contribution < -0.4 is 5.32 Å². The summed E-state index contributed by atoms with van der Waals surface area (Å²) in [5.41, 5.74) is 6.38. The molecule has 182 valence electrons. The average molecular weight is 497 g/mol. The summed E-state index contributed by atoms with van der Waals surface area (Å²) in [6.45, 7) is 4.29. The van der Waals surface area contributed by atoms with Crippen LogP contribution in [0, 0.1) is 6.92 Å². The number of aryl methyl sites for hydroxylation is 1. The number of nitrogens with one attached hydrogen (secondary N) is 1. The van der Waals surface area contributed by atoms with Crippen molar-refractivity contribution in [2.24, 2.45) is 0 Å². The third kappa shape index (κ3) is 5.87. The average Bonchev–Trinajstić information content (AvgIpc) is 3.55. The van der Waals surface area contributed by atoms with E-state index in [0.29, 0.717) is 13.1 Å². The maximum Gasteiger partial charge on any atom is 0.214 e. The van der Waals surface area contributed by atoms with Gasteiger partial charge in [0.05, 0.1) is 12.2 Å². The van der Waals surface area contributed by atoms with Gasteiger partial charge >= 0.3 is 0 Å². The third-order valence-corrected chi connectivity index (χ3v) is 6.81. The van der Waals surface area contributed by atoms with Gasteiger partial charge in [-0.3, -0.25) is 0 Å². The van der Waals surface area contributed by atoms with E-state index in [9.17, 15) is 0 Å². The molecule has 0 aliphatic carbocycles. The number of hydrogen-bond acceptors (Lipinski definition) is 7. The lowest BCUT2D eigenvalue weighted by Gasteiger charge is -2.05. The van der Waals surface area contributed by atoms with Gasteiger partial charge in [-0.15, -0.1) is 5.10 Å². The summed E-state index contributed by atoms with van der Waals surface area (Å²) in [5, 5.41) is 26.1. The number of rotatable bonds is 11. The van der Waals surface area contributed by atoms with E-state index in [-0.39, 0.29) is 0 Å². The van der Waals surface area contributed by atoms with Gasteiger partial charge in [0.25, 0.3) is 0 Å². The molecule has 0 fully saturated rings. The predicted octanol–water partition coefficient (Wildman–Crippen LogP) is 4.55. The first-order valence-corrected chi connectivity index (χ1v) is 13.0. The van der Waals surface area contributed by atoms with Gasteiger partial charge in [0.15, 0.2) is 0 Å². The fourth-order valence-electron chi connectivity index (χ4n) is 3.90. The molecule has 8 nitrogen and oxygen atoms in total. The normalized spacial score (nSPS) is 11.1. The van der Waals surface area contributed by atoms with Crippen molar-refractivity contribution in [1.29, 1.82) is 0 Å². The maximum atomic E-state index is 4.84. The molecule has 9 heteroatoms. The SMILES string of the molecule is Cc1ccccc1Cn1nc(CNCCCSc2nnnn2-c2ccccc2)c(-c2ccccc2)n1. The molecular formula is C27H28N8S. The molecule has 0 aliphatic heterocycles. The van der Waals surface area contributed by atoms with E-state index in [1.807, 2.05) is 48.5 Å². The van der Waals surface area contributed by atoms with Gasteiger partial charge < -0.3 is 5.32 Å². The van der Waals surface area contributed by atoms with E-state index >= 15 is 0 Å². The van der Waals surface area contributed by atoms with Gasteiger partial charge in [0.2, 0.25) is 5.16 Å². The summed E-state index contributed by atoms with van der Waals surface area (Å²) in [5.74, 6) is 0.908. The molecule has 0 saturated carbocycles. The fourth-order valence-corrected chi connectivity index (χ4v) is 4.73. The van der Waals surface area contributed by atoms with E-state index in [1.165, 1.54) is 11.1 Å². The van der Waals surface area contributed by atoms with Crippen molar-refractivity contribution in [3.63, 3.8) is 0 Å². The Morgan fingerprint density at radius 1 is 0.861 bits per heavy atom. The molecule has 36 heavy (non-hydrogen) atoms. The Labute approximate surface area is 214 Å². The lowest BCUT2D eigenvalue weighted by Crippen LogP contribution is -2.16. The summed E-state index contributed by atoms with van der Waals surface area (Å²) in [6.07, 6.45) is 0.977. The first-order valence-electron chi connectivity index (χ1n) is 12.0. The van der Waals surface area contributed by atoms with Crippen LogP contribution in [0.5, 0.6) is 0 Å². The molecule has 0 unspecified atom stereocenters. The molecule has 0 atom stereocenters. The Kier molecular flexibility index (Phi) is 7.80. The van der Waals surface area contributed by atoms with Gasteiger partial charge in [0, 0.05) is 17.9 Å². The monoisotopic (exact) mass is 496 g/mol. The summed E-state index contributed by atoms with van der Waals surface area (Å²) in [6, 6.07) is 28.6. The van der Waals surface area contributed by atoms with Gasteiger partial charge in [-0.2, -0.15) is 19.7 Å². The standard InChI is InChI=1S/C27H28N8S/c1-21-11-8-9-14-23(21)20-34-30-25(26(31-34)22-12-4-2-5-13-22)19-28-17-10-18-36-27-29-32-33-35(27)24-15-6-3-7-16-24/h2-9,11-16,28H,10,17-20H2,1H3. The maximum absolute atomic E-state index is 4.84. The molecule has 0 bridgehead atoms. The number of tetrazole rings is 1. The second-order valence-corrected chi connectivity index (χ2v) is 9.47. The van der Waals surface area contributed by atoms with Crippen molar-refractivity contribution >= 4 is 11.8 Å². The van der Waals surface area contributed by atoms with E-state index in [2.05, 4.69) is 64.2 Å². The molecular weight excluding hydrogens is 468 g/mol. The van der Waals surface area contributed by atoms with Crippen LogP contribution in [0.1, 0.15) is 23.2 Å². The quantitative estimate of drug-likeness (QED) is 0.212. The van der Waals surface area contributed by atoms with Crippen LogP contribution >= 0.6 is 11.8 Å². The van der Waals surface area contributed by atoms with Crippen LogP contribution in [0.25, 0.3) is 16.9 Å². The van der Waals surface area contributed by atoms with E-state index in [1.54, 1.807) is 21.2 Å². The number of benzene rings is 3. The summed E-state index contributed by atoms with van der Waals surface area (Å²) < 4.78 is 1.77. The Bertz CT molecular complexity index is 1380. The van der Waals surface area contributed by atoms with Gasteiger partial charge in [-0.25, -0.2) is 0 Å². The highest BCUT2D eigenvalue weighted by Crippen LogP contribution is 2.21. The lowest BCUT2D eigenvalue weighted by molar-refractivity contribution is 0.575. The van der Waals surface area contributed by atoms with E-state index < -0.39 is 0 Å². The number of nitrogens with zero attached hydrogens (tertiary/aromatic N) is 7. The largest absolute Gasteiger partial charge is 0.311 e. The van der Waals surface area contributed by atoms with Crippen molar-refractivity contribution in [2.75, 3.05) is 12.3 Å². The topological polar surface area (TPSA) is 86.3 Å². The zero-order chi connectivity index (χ0) is 24.6. The van der Waals surface area contributed by atoms with Crippen molar-refractivity contribution < 1.29 is 0 Å². The molecule has 0 radical (unpaired) electrons. The highest BCUT2D eigenvalue weighted by molar-refractivity contribution is 7.99. The highest BCUT2D eigenvalue weighted by atomic mass is 32.2. The van der Waals surface area contributed by atoms with Gasteiger partial charge in [0.1, 0.15) is 11.4 Å². The molecule has 1 N–H and O–H groups in total.